The van der Waals surface area contributed by atoms with Gasteiger partial charge in [0.1, 0.15) is 0 Å². The number of fused-ring (bicyclic) bond motifs is 10. The van der Waals surface area contributed by atoms with Gasteiger partial charge in [-0.15, -0.1) is 11.3 Å². The molecule has 0 bridgehead atoms. The van der Waals surface area contributed by atoms with Crippen molar-refractivity contribution < 1.29 is 0 Å². The Kier molecular flexibility index (Phi) is 4.63. The zero-order chi connectivity index (χ0) is 28.1. The van der Waals surface area contributed by atoms with Gasteiger partial charge >= 0.3 is 0 Å². The summed E-state index contributed by atoms with van der Waals surface area (Å²) in [7, 11) is 0. The molecule has 0 aliphatic rings. The average Bonchev–Trinajstić information content (AvgIpc) is 3.72. The van der Waals surface area contributed by atoms with Crippen molar-refractivity contribution in [3.05, 3.63) is 140 Å². The fraction of sp³-hybridized carbons (Fsp3) is 0. The number of hydrogen-bond acceptors (Lipinski definition) is 1. The van der Waals surface area contributed by atoms with E-state index in [0.29, 0.717) is 0 Å². The van der Waals surface area contributed by atoms with Crippen LogP contribution in [0.15, 0.2) is 140 Å². The highest BCUT2D eigenvalue weighted by atomic mass is 32.1. The second-order valence-electron chi connectivity index (χ2n) is 11.4. The van der Waals surface area contributed by atoms with Gasteiger partial charge in [0.05, 0.1) is 16.7 Å². The van der Waals surface area contributed by atoms with E-state index in [0.717, 1.165) is 0 Å². The van der Waals surface area contributed by atoms with Crippen LogP contribution >= 0.6 is 11.3 Å². The fourth-order valence-electron chi connectivity index (χ4n) is 7.26. The van der Waals surface area contributed by atoms with Gasteiger partial charge in [-0.2, -0.15) is 0 Å². The van der Waals surface area contributed by atoms with Gasteiger partial charge in [0, 0.05) is 63.7 Å². The van der Waals surface area contributed by atoms with E-state index in [1.807, 2.05) is 11.3 Å². The zero-order valence-corrected chi connectivity index (χ0v) is 24.0. The molecule has 2 nitrogen and oxygen atoms in total. The lowest BCUT2D eigenvalue weighted by atomic mass is 9.95. The highest BCUT2D eigenvalue weighted by molar-refractivity contribution is 7.26. The predicted octanol–water partition coefficient (Wildman–Crippen LogP) is 11.6. The third kappa shape index (κ3) is 3.17. The molecule has 0 unspecified atom stereocenters. The monoisotopic (exact) mass is 564 g/mol. The van der Waals surface area contributed by atoms with Gasteiger partial charge in [0.2, 0.25) is 0 Å². The van der Waals surface area contributed by atoms with Crippen LogP contribution in [-0.4, -0.2) is 9.55 Å². The highest BCUT2D eigenvalue weighted by Gasteiger charge is 2.20. The molecule has 200 valence electrons. The molecule has 0 atom stereocenters. The molecule has 0 saturated heterocycles. The van der Waals surface area contributed by atoms with Crippen LogP contribution in [-0.2, 0) is 0 Å². The summed E-state index contributed by atoms with van der Waals surface area (Å²) in [4.78, 5) is 3.74. The smallest absolute Gasteiger partial charge is 0.0541 e. The molecule has 0 amide bonds. The molecule has 10 rings (SSSR count). The first-order chi connectivity index (χ1) is 21.3. The number of nitrogens with one attached hydrogen (secondary N) is 1. The van der Waals surface area contributed by atoms with Gasteiger partial charge in [-0.25, -0.2) is 0 Å². The molecule has 0 radical (unpaired) electrons. The average molecular weight is 565 g/mol. The number of nitrogens with zero attached hydrogens (tertiary/aromatic N) is 1. The third-order valence-electron chi connectivity index (χ3n) is 9.10. The number of aromatic amines is 1. The molecule has 0 fully saturated rings. The lowest BCUT2D eigenvalue weighted by molar-refractivity contribution is 1.20. The number of rotatable bonds is 2. The lowest BCUT2D eigenvalue weighted by Gasteiger charge is -2.12. The Labute approximate surface area is 251 Å². The summed E-state index contributed by atoms with van der Waals surface area (Å²) in [5, 5.41) is 10.2. The Morgan fingerprint density at radius 1 is 0.488 bits per heavy atom. The second kappa shape index (κ2) is 8.57. The Morgan fingerprint density at radius 2 is 1.21 bits per heavy atom. The molecule has 1 N–H and O–H groups in total. The van der Waals surface area contributed by atoms with Gasteiger partial charge < -0.3 is 9.55 Å². The normalized spacial score (nSPS) is 12.2. The predicted molar refractivity (Wildman–Crippen MR) is 186 cm³/mol. The van der Waals surface area contributed by atoms with Crippen LogP contribution in [0.1, 0.15) is 0 Å². The van der Waals surface area contributed by atoms with Crippen molar-refractivity contribution in [1.29, 1.82) is 0 Å². The molecule has 10 aromatic rings. The third-order valence-corrected chi connectivity index (χ3v) is 10.3. The minimum absolute atomic E-state index is 1.18. The van der Waals surface area contributed by atoms with Gasteiger partial charge in [0.15, 0.2) is 0 Å². The molecule has 43 heavy (non-hydrogen) atoms. The first-order valence-electron chi connectivity index (χ1n) is 14.7. The highest BCUT2D eigenvalue weighted by Crippen LogP contribution is 2.47. The molecule has 3 heterocycles. The minimum atomic E-state index is 1.18. The van der Waals surface area contributed by atoms with Gasteiger partial charge in [-0.1, -0.05) is 97.1 Å². The molecule has 0 aliphatic carbocycles. The summed E-state index contributed by atoms with van der Waals surface area (Å²) in [5.74, 6) is 0. The quantitative estimate of drug-likeness (QED) is 0.216. The van der Waals surface area contributed by atoms with Gasteiger partial charge in [0.25, 0.3) is 0 Å². The summed E-state index contributed by atoms with van der Waals surface area (Å²) in [5.41, 5.74) is 8.58. The standard InChI is InChI=1S/C40H24N2S/c1-2-12-26-24(10-1)11-9-18-34(26)42-35-17-7-4-13-27(35)30-22-25(20-21-36(30)42)38-39-29-15-3-6-16-32(29)41-33(39)23-31-28-14-5-8-19-37(28)43-40(31)38/h1-23,41H. The minimum Gasteiger partial charge on any atom is -0.354 e. The van der Waals surface area contributed by atoms with Crippen molar-refractivity contribution >= 4 is 85.9 Å². The number of aromatic nitrogens is 2. The maximum absolute atomic E-state index is 3.74. The van der Waals surface area contributed by atoms with E-state index in [1.54, 1.807) is 0 Å². The Hall–Kier alpha value is -5.38. The number of para-hydroxylation sites is 2. The second-order valence-corrected chi connectivity index (χ2v) is 12.5. The number of thiophene rings is 1. The van der Waals surface area contributed by atoms with Crippen molar-refractivity contribution in [2.75, 3.05) is 0 Å². The molecular formula is C40H24N2S. The summed E-state index contributed by atoms with van der Waals surface area (Å²) in [6, 6.07) is 51.1. The number of benzene rings is 7. The van der Waals surface area contributed by atoms with E-state index in [9.17, 15) is 0 Å². The van der Waals surface area contributed by atoms with Crippen LogP contribution < -0.4 is 0 Å². The zero-order valence-electron chi connectivity index (χ0n) is 23.1. The summed E-state index contributed by atoms with van der Waals surface area (Å²) in [6.45, 7) is 0. The summed E-state index contributed by atoms with van der Waals surface area (Å²) in [6.07, 6.45) is 0. The molecule has 3 aromatic heterocycles. The van der Waals surface area contributed by atoms with E-state index >= 15 is 0 Å². The molecule has 3 heteroatoms. The van der Waals surface area contributed by atoms with Crippen molar-refractivity contribution in [1.82, 2.24) is 9.55 Å². The van der Waals surface area contributed by atoms with Crippen LogP contribution in [0.3, 0.4) is 0 Å². The van der Waals surface area contributed by atoms with Crippen molar-refractivity contribution in [2.24, 2.45) is 0 Å². The van der Waals surface area contributed by atoms with Gasteiger partial charge in [-0.05, 0) is 53.4 Å². The first-order valence-corrected chi connectivity index (χ1v) is 15.5. The maximum atomic E-state index is 3.74. The lowest BCUT2D eigenvalue weighted by Crippen LogP contribution is -1.95. The van der Waals surface area contributed by atoms with E-state index in [2.05, 4.69) is 149 Å². The van der Waals surface area contributed by atoms with Crippen LogP contribution in [0.2, 0.25) is 0 Å². The van der Waals surface area contributed by atoms with Crippen LogP contribution in [0, 0.1) is 0 Å². The fourth-order valence-corrected chi connectivity index (χ4v) is 8.51. The maximum Gasteiger partial charge on any atom is 0.0541 e. The summed E-state index contributed by atoms with van der Waals surface area (Å²) >= 11 is 1.90. The Bertz CT molecular complexity index is 2730. The van der Waals surface area contributed by atoms with Gasteiger partial charge in [-0.3, -0.25) is 0 Å². The van der Waals surface area contributed by atoms with Crippen LogP contribution in [0.5, 0.6) is 0 Å². The van der Waals surface area contributed by atoms with E-state index in [4.69, 9.17) is 0 Å². The summed E-state index contributed by atoms with van der Waals surface area (Å²) < 4.78 is 5.11. The molecule has 0 aliphatic heterocycles. The largest absolute Gasteiger partial charge is 0.354 e. The topological polar surface area (TPSA) is 20.7 Å². The van der Waals surface area contributed by atoms with Crippen molar-refractivity contribution in [3.8, 4) is 16.8 Å². The molecular weight excluding hydrogens is 541 g/mol. The van der Waals surface area contributed by atoms with Crippen molar-refractivity contribution in [3.63, 3.8) is 0 Å². The van der Waals surface area contributed by atoms with E-state index in [1.165, 1.54) is 91.4 Å². The SMILES string of the molecule is c1ccc2c(-n3c4ccccc4c4cc(-c5c6sc7ccccc7c6cc6[nH]c7ccccc7c56)ccc43)cccc2c1. The Morgan fingerprint density at radius 3 is 2.14 bits per heavy atom. The van der Waals surface area contributed by atoms with Crippen LogP contribution in [0.25, 0.3) is 91.4 Å². The molecule has 7 aromatic carbocycles. The number of hydrogen-bond donors (Lipinski definition) is 1. The number of H-pyrrole nitrogens is 1. The first kappa shape index (κ1) is 23.2. The Balaban J connectivity index is 1.35. The molecule has 0 saturated carbocycles. The van der Waals surface area contributed by atoms with Crippen LogP contribution in [0.4, 0.5) is 0 Å². The van der Waals surface area contributed by atoms with E-state index in [-0.39, 0.29) is 0 Å². The van der Waals surface area contributed by atoms with Crippen molar-refractivity contribution in [2.45, 2.75) is 0 Å². The van der Waals surface area contributed by atoms with E-state index < -0.39 is 0 Å². The molecule has 0 spiro atoms.